The zero-order valence-corrected chi connectivity index (χ0v) is 17.9. The van der Waals surface area contributed by atoms with Crippen LogP contribution in [0.5, 0.6) is 0 Å². The summed E-state index contributed by atoms with van der Waals surface area (Å²) < 4.78 is 6.62. The first-order valence-electron chi connectivity index (χ1n) is 9.06. The molecule has 9 nitrogen and oxygen atoms in total. The fourth-order valence-electron chi connectivity index (χ4n) is 3.00. The third-order valence-corrected chi connectivity index (χ3v) is 6.57. The third kappa shape index (κ3) is 4.89. The summed E-state index contributed by atoms with van der Waals surface area (Å²) in [6.07, 6.45) is 3.94. The van der Waals surface area contributed by atoms with Crippen molar-refractivity contribution in [2.24, 2.45) is 0 Å². The molecule has 0 aliphatic heterocycles. The van der Waals surface area contributed by atoms with Gasteiger partial charge in [-0.25, -0.2) is 9.48 Å². The van der Waals surface area contributed by atoms with Gasteiger partial charge in [-0.3, -0.25) is 4.79 Å². The van der Waals surface area contributed by atoms with E-state index in [0.29, 0.717) is 22.3 Å². The van der Waals surface area contributed by atoms with Crippen molar-refractivity contribution in [2.45, 2.75) is 37.4 Å². The Morgan fingerprint density at radius 1 is 1.32 bits per heavy atom. The fourth-order valence-corrected chi connectivity index (χ4v) is 5.00. The van der Waals surface area contributed by atoms with Gasteiger partial charge in [-0.15, -0.1) is 16.4 Å². The predicted molar refractivity (Wildman–Crippen MR) is 108 cm³/mol. The molecule has 0 spiro atoms. The van der Waals surface area contributed by atoms with E-state index in [1.165, 1.54) is 35.1 Å². The molecule has 0 bridgehead atoms. The van der Waals surface area contributed by atoms with Crippen molar-refractivity contribution in [3.05, 3.63) is 16.0 Å². The molecule has 0 saturated heterocycles. The lowest BCUT2D eigenvalue weighted by Crippen LogP contribution is -2.20. The molecule has 0 radical (unpaired) electrons. The minimum atomic E-state index is -0.394. The molecule has 0 atom stereocenters. The van der Waals surface area contributed by atoms with Crippen LogP contribution < -0.4 is 5.32 Å². The molecule has 2 aromatic heterocycles. The van der Waals surface area contributed by atoms with E-state index in [4.69, 9.17) is 4.74 Å². The van der Waals surface area contributed by atoms with Gasteiger partial charge in [0, 0.05) is 11.4 Å². The van der Waals surface area contributed by atoms with E-state index >= 15 is 0 Å². The number of aromatic nitrogens is 4. The molecule has 0 fully saturated rings. The van der Waals surface area contributed by atoms with Gasteiger partial charge in [0.05, 0.1) is 25.0 Å². The van der Waals surface area contributed by atoms with E-state index in [2.05, 4.69) is 20.8 Å². The van der Waals surface area contributed by atoms with Gasteiger partial charge in [0.15, 0.2) is 0 Å². The molecular weight excluding hydrogens is 400 g/mol. The third-order valence-electron chi connectivity index (χ3n) is 4.40. The number of likely N-dealkylation sites (N-methyl/N-ethyl adjacent to an activating group) is 1. The summed E-state index contributed by atoms with van der Waals surface area (Å²) in [4.78, 5) is 28.0. The molecule has 2 heterocycles. The van der Waals surface area contributed by atoms with E-state index in [9.17, 15) is 9.59 Å². The van der Waals surface area contributed by atoms with Gasteiger partial charge in [0.1, 0.15) is 5.00 Å². The lowest BCUT2D eigenvalue weighted by molar-refractivity contribution is -0.113. The van der Waals surface area contributed by atoms with Crippen LogP contribution in [0, 0.1) is 0 Å². The number of ether oxygens (including phenoxy) is 1. The van der Waals surface area contributed by atoms with Gasteiger partial charge in [0.2, 0.25) is 11.1 Å². The maximum Gasteiger partial charge on any atom is 0.341 e. The number of carbonyl (C=O) groups excluding carboxylic acids is 2. The first-order valence-corrected chi connectivity index (χ1v) is 10.9. The average Bonchev–Trinajstić information content (AvgIpc) is 3.27. The molecule has 0 unspecified atom stereocenters. The number of thiophene rings is 1. The normalized spacial score (nSPS) is 13.4. The van der Waals surface area contributed by atoms with Crippen LogP contribution in [0.1, 0.15) is 33.6 Å². The Kier molecular flexibility index (Phi) is 7.03. The summed E-state index contributed by atoms with van der Waals surface area (Å²) in [6, 6.07) is 0. The molecule has 3 rings (SSSR count). The Hall–Kier alpha value is -1.98. The number of hydrogen-bond acceptors (Lipinski definition) is 9. The molecule has 1 amide bonds. The zero-order valence-electron chi connectivity index (χ0n) is 16.2. The van der Waals surface area contributed by atoms with Crippen LogP contribution in [0.3, 0.4) is 0 Å². The maximum absolute atomic E-state index is 12.5. The quantitative estimate of drug-likeness (QED) is 0.505. The number of amides is 1. The van der Waals surface area contributed by atoms with Crippen LogP contribution in [-0.2, 0) is 28.9 Å². The fraction of sp³-hybridized carbons (Fsp3) is 0.588. The zero-order chi connectivity index (χ0) is 20.1. The van der Waals surface area contributed by atoms with Gasteiger partial charge in [-0.05, 0) is 55.8 Å². The number of methoxy groups -OCH3 is 1. The predicted octanol–water partition coefficient (Wildman–Crippen LogP) is 1.69. The van der Waals surface area contributed by atoms with Crippen LogP contribution in [0.15, 0.2) is 5.16 Å². The number of aryl methyl sites for hydroxylation is 1. The molecule has 1 N–H and O–H groups in total. The van der Waals surface area contributed by atoms with Crippen molar-refractivity contribution in [1.29, 1.82) is 0 Å². The number of fused-ring (bicyclic) bond motifs is 1. The van der Waals surface area contributed by atoms with E-state index in [-0.39, 0.29) is 11.7 Å². The summed E-state index contributed by atoms with van der Waals surface area (Å²) in [5, 5.41) is 15.7. The standard InChI is InChI=1S/C17H24N6O3S2/c1-22(2)8-9-23-17(19-20-21-23)27-10-13(24)18-15-14(16(25)26-3)11-6-4-5-7-12(11)28-15/h4-10H2,1-3H3,(H,18,24). The van der Waals surface area contributed by atoms with Gasteiger partial charge < -0.3 is 15.0 Å². The van der Waals surface area contributed by atoms with Crippen molar-refractivity contribution in [3.63, 3.8) is 0 Å². The van der Waals surface area contributed by atoms with E-state index in [1.807, 2.05) is 19.0 Å². The number of carbonyl (C=O) groups is 2. The summed E-state index contributed by atoms with van der Waals surface area (Å²) in [6.45, 7) is 1.45. The highest BCUT2D eigenvalue weighted by molar-refractivity contribution is 7.99. The lowest BCUT2D eigenvalue weighted by Gasteiger charge is -2.11. The Bertz CT molecular complexity index is 848. The smallest absolute Gasteiger partial charge is 0.341 e. The van der Waals surface area contributed by atoms with Crippen molar-refractivity contribution < 1.29 is 14.3 Å². The van der Waals surface area contributed by atoms with Crippen molar-refractivity contribution in [3.8, 4) is 0 Å². The van der Waals surface area contributed by atoms with Gasteiger partial charge in [-0.1, -0.05) is 11.8 Å². The monoisotopic (exact) mass is 424 g/mol. The van der Waals surface area contributed by atoms with E-state index < -0.39 is 5.97 Å². The number of nitrogens with one attached hydrogen (secondary N) is 1. The Morgan fingerprint density at radius 2 is 2.11 bits per heavy atom. The molecule has 0 saturated carbocycles. The number of anilines is 1. The van der Waals surface area contributed by atoms with Crippen LogP contribution in [-0.4, -0.2) is 70.5 Å². The highest BCUT2D eigenvalue weighted by atomic mass is 32.2. The highest BCUT2D eigenvalue weighted by Crippen LogP contribution is 2.38. The maximum atomic E-state index is 12.5. The Morgan fingerprint density at radius 3 is 2.86 bits per heavy atom. The molecule has 0 aromatic carbocycles. The minimum Gasteiger partial charge on any atom is -0.465 e. The average molecular weight is 425 g/mol. The number of esters is 1. The lowest BCUT2D eigenvalue weighted by atomic mass is 9.95. The SMILES string of the molecule is COC(=O)c1c(NC(=O)CSc2nnnn2CCN(C)C)sc2c1CCCC2. The molecule has 1 aliphatic carbocycles. The summed E-state index contributed by atoms with van der Waals surface area (Å²) in [7, 11) is 5.32. The number of rotatable bonds is 8. The minimum absolute atomic E-state index is 0.158. The molecule has 1 aliphatic rings. The van der Waals surface area contributed by atoms with Gasteiger partial charge >= 0.3 is 5.97 Å². The summed E-state index contributed by atoms with van der Waals surface area (Å²) >= 11 is 2.75. The van der Waals surface area contributed by atoms with E-state index in [1.54, 1.807) is 4.68 Å². The van der Waals surface area contributed by atoms with Crippen LogP contribution in [0.25, 0.3) is 0 Å². The molecule has 11 heteroatoms. The van der Waals surface area contributed by atoms with E-state index in [0.717, 1.165) is 37.8 Å². The largest absolute Gasteiger partial charge is 0.465 e. The molecule has 2 aromatic rings. The summed E-state index contributed by atoms with van der Waals surface area (Å²) in [5.41, 5.74) is 1.54. The van der Waals surface area contributed by atoms with Crippen molar-refractivity contribution in [2.75, 3.05) is 38.8 Å². The molecule has 28 heavy (non-hydrogen) atoms. The van der Waals surface area contributed by atoms with Gasteiger partial charge in [-0.2, -0.15) is 0 Å². The Balaban J connectivity index is 1.65. The Labute approximate surface area is 171 Å². The number of thioether (sulfide) groups is 1. The second-order valence-electron chi connectivity index (χ2n) is 6.73. The number of tetrazole rings is 1. The second kappa shape index (κ2) is 9.48. The van der Waals surface area contributed by atoms with Crippen molar-refractivity contribution in [1.82, 2.24) is 25.1 Å². The number of hydrogen-bond donors (Lipinski definition) is 1. The van der Waals surface area contributed by atoms with Crippen LogP contribution >= 0.6 is 23.1 Å². The first-order chi connectivity index (χ1) is 13.5. The molecular formula is C17H24N6O3S2. The van der Waals surface area contributed by atoms with Crippen molar-refractivity contribution >= 4 is 40.0 Å². The van der Waals surface area contributed by atoms with Crippen LogP contribution in [0.4, 0.5) is 5.00 Å². The molecule has 152 valence electrons. The number of nitrogens with zero attached hydrogens (tertiary/aromatic N) is 5. The second-order valence-corrected chi connectivity index (χ2v) is 8.78. The highest BCUT2D eigenvalue weighted by Gasteiger charge is 2.27. The summed E-state index contributed by atoms with van der Waals surface area (Å²) in [5.74, 6) is -0.434. The first kappa shape index (κ1) is 20.7. The van der Waals surface area contributed by atoms with Gasteiger partial charge in [0.25, 0.3) is 0 Å². The van der Waals surface area contributed by atoms with Crippen LogP contribution in [0.2, 0.25) is 0 Å². The topological polar surface area (TPSA) is 102 Å².